The molecule has 2 aliphatic rings. The number of halogens is 1. The van der Waals surface area contributed by atoms with E-state index < -0.39 is 5.82 Å². The number of carbonyl (C=O) groups excluding carboxylic acids is 1. The second-order valence-electron chi connectivity index (χ2n) is 10.4. The fraction of sp³-hybridized carbons (Fsp3) is 0.394. The van der Waals surface area contributed by atoms with Crippen molar-refractivity contribution in [1.82, 2.24) is 4.90 Å². The number of carbonyl (C=O) groups is 1. The van der Waals surface area contributed by atoms with Crippen LogP contribution in [0.25, 0.3) is 0 Å². The van der Waals surface area contributed by atoms with Crippen molar-refractivity contribution in [2.75, 3.05) is 34.5 Å². The van der Waals surface area contributed by atoms with Gasteiger partial charge in [0.15, 0.2) is 34.6 Å². The molecule has 0 spiro atoms. The highest BCUT2D eigenvalue weighted by atomic mass is 19.1. The molecule has 9 nitrogen and oxygen atoms in total. The molecular formula is C33H39FN2O7. The summed E-state index contributed by atoms with van der Waals surface area (Å²) >= 11 is 0. The number of benzene rings is 3. The number of fused-ring (bicyclic) bond motifs is 2. The van der Waals surface area contributed by atoms with Crippen molar-refractivity contribution >= 4 is 17.8 Å². The summed E-state index contributed by atoms with van der Waals surface area (Å²) < 4.78 is 40.5. The lowest BCUT2D eigenvalue weighted by atomic mass is 10.1. The quantitative estimate of drug-likeness (QED) is 0.266. The third-order valence-electron chi connectivity index (χ3n) is 7.26. The summed E-state index contributed by atoms with van der Waals surface area (Å²) in [6.45, 7) is 5.78. The summed E-state index contributed by atoms with van der Waals surface area (Å²) in [5.74, 6) is 2.47. The molecule has 230 valence electrons. The maximum atomic E-state index is 13.5. The molecule has 0 radical (unpaired) electrons. The Labute approximate surface area is 251 Å². The molecule has 2 atom stereocenters. The van der Waals surface area contributed by atoms with E-state index in [2.05, 4.69) is 18.8 Å². The molecule has 2 aliphatic heterocycles. The predicted molar refractivity (Wildman–Crippen MR) is 162 cm³/mol. The number of aliphatic imine (C=N–C) groups is 1. The standard InChI is InChI=1S/C19H26N2O3.C14H13FO4/c1-4-6-13(2)12-24-18-10-16-15(9-17(18)23-3)19(22)21-8-5-7-14(21)11-20-16;1-17-12-6-4-10(8-14(12)18-2)19-13-7-9(16)3-5-11(13)15/h9-11,13-14H,4-8,12H2,1-3H3;3-8,16H,1-2H3. The van der Waals surface area contributed by atoms with Gasteiger partial charge >= 0.3 is 0 Å². The van der Waals surface area contributed by atoms with Crippen LogP contribution in [-0.4, -0.2) is 62.7 Å². The van der Waals surface area contributed by atoms with Crippen LogP contribution in [-0.2, 0) is 0 Å². The van der Waals surface area contributed by atoms with Crippen LogP contribution in [0.1, 0.15) is 49.9 Å². The minimum atomic E-state index is -0.562. The van der Waals surface area contributed by atoms with E-state index in [0.29, 0.717) is 52.5 Å². The molecule has 2 heterocycles. The summed E-state index contributed by atoms with van der Waals surface area (Å²) in [5, 5.41) is 9.31. The Morgan fingerprint density at radius 3 is 2.44 bits per heavy atom. The van der Waals surface area contributed by atoms with Gasteiger partial charge in [0.1, 0.15) is 11.5 Å². The van der Waals surface area contributed by atoms with E-state index in [-0.39, 0.29) is 23.4 Å². The molecule has 3 aromatic rings. The summed E-state index contributed by atoms with van der Waals surface area (Å²) in [6, 6.07) is 12.1. The van der Waals surface area contributed by atoms with Crippen molar-refractivity contribution in [3.8, 4) is 40.2 Å². The van der Waals surface area contributed by atoms with Crippen molar-refractivity contribution in [2.24, 2.45) is 10.9 Å². The minimum absolute atomic E-state index is 0.0363. The van der Waals surface area contributed by atoms with E-state index in [1.165, 1.54) is 26.4 Å². The smallest absolute Gasteiger partial charge is 0.256 e. The Balaban J connectivity index is 0.000000203. The first-order valence-electron chi connectivity index (χ1n) is 14.4. The lowest BCUT2D eigenvalue weighted by Crippen LogP contribution is -2.35. The lowest BCUT2D eigenvalue weighted by Gasteiger charge is -2.20. The zero-order valence-corrected chi connectivity index (χ0v) is 25.3. The van der Waals surface area contributed by atoms with Crippen molar-refractivity contribution in [3.05, 3.63) is 59.9 Å². The number of methoxy groups -OCH3 is 3. The number of ether oxygens (including phenoxy) is 5. The number of rotatable bonds is 10. The lowest BCUT2D eigenvalue weighted by molar-refractivity contribution is 0.0774. The Hall–Kier alpha value is -4.47. The second kappa shape index (κ2) is 14.6. The fourth-order valence-corrected chi connectivity index (χ4v) is 5.01. The largest absolute Gasteiger partial charge is 0.508 e. The highest BCUT2D eigenvalue weighted by Gasteiger charge is 2.32. The molecule has 0 saturated carbocycles. The van der Waals surface area contributed by atoms with Gasteiger partial charge in [-0.1, -0.05) is 20.3 Å². The molecule has 5 rings (SSSR count). The van der Waals surface area contributed by atoms with Gasteiger partial charge in [-0.2, -0.15) is 0 Å². The molecule has 1 saturated heterocycles. The number of nitrogens with zero attached hydrogens (tertiary/aromatic N) is 2. The van der Waals surface area contributed by atoms with Gasteiger partial charge in [0.2, 0.25) is 0 Å². The Kier molecular flexibility index (Phi) is 10.7. The van der Waals surface area contributed by atoms with Crippen LogP contribution in [0.3, 0.4) is 0 Å². The van der Waals surface area contributed by atoms with E-state index in [1.54, 1.807) is 31.4 Å². The van der Waals surface area contributed by atoms with Gasteiger partial charge in [-0.15, -0.1) is 0 Å². The zero-order chi connectivity index (χ0) is 30.9. The summed E-state index contributed by atoms with van der Waals surface area (Å²) in [4.78, 5) is 19.3. The molecule has 0 aromatic heterocycles. The summed E-state index contributed by atoms with van der Waals surface area (Å²) in [6.07, 6.45) is 6.18. The maximum absolute atomic E-state index is 13.5. The number of aromatic hydroxyl groups is 1. The topological polar surface area (TPSA) is 99.1 Å². The molecular weight excluding hydrogens is 555 g/mol. The third kappa shape index (κ3) is 7.68. The molecule has 0 bridgehead atoms. The van der Waals surface area contributed by atoms with Gasteiger partial charge in [0, 0.05) is 31.0 Å². The highest BCUT2D eigenvalue weighted by Crippen LogP contribution is 2.38. The maximum Gasteiger partial charge on any atom is 0.256 e. The van der Waals surface area contributed by atoms with Gasteiger partial charge in [0.25, 0.3) is 5.91 Å². The zero-order valence-electron chi connectivity index (χ0n) is 25.3. The Morgan fingerprint density at radius 2 is 1.72 bits per heavy atom. The first-order chi connectivity index (χ1) is 20.8. The van der Waals surface area contributed by atoms with E-state index in [9.17, 15) is 14.3 Å². The fourth-order valence-electron chi connectivity index (χ4n) is 5.01. The summed E-state index contributed by atoms with van der Waals surface area (Å²) in [7, 11) is 4.62. The van der Waals surface area contributed by atoms with Crippen LogP contribution < -0.4 is 23.7 Å². The SMILES string of the molecule is CCCC(C)COc1cc2c(cc1OC)C(=O)N1CCCC1C=N2.COc1ccc(Oc2cc(O)ccc2F)cc1OC. The van der Waals surface area contributed by atoms with Crippen LogP contribution in [0.5, 0.6) is 40.2 Å². The first-order valence-corrected chi connectivity index (χ1v) is 14.4. The van der Waals surface area contributed by atoms with Gasteiger partial charge in [-0.05, 0) is 55.5 Å². The average molecular weight is 595 g/mol. The molecule has 0 aliphatic carbocycles. The molecule has 43 heavy (non-hydrogen) atoms. The van der Waals surface area contributed by atoms with E-state index in [0.717, 1.165) is 38.3 Å². The molecule has 2 unspecified atom stereocenters. The van der Waals surface area contributed by atoms with Gasteiger partial charge < -0.3 is 33.7 Å². The van der Waals surface area contributed by atoms with Crippen LogP contribution in [0.4, 0.5) is 10.1 Å². The number of hydrogen-bond acceptors (Lipinski definition) is 8. The Bertz CT molecular complexity index is 1440. The number of amides is 1. The monoisotopic (exact) mass is 594 g/mol. The van der Waals surface area contributed by atoms with Crippen LogP contribution in [0.15, 0.2) is 53.5 Å². The minimum Gasteiger partial charge on any atom is -0.508 e. The number of phenols is 1. The third-order valence-corrected chi connectivity index (χ3v) is 7.26. The molecule has 1 N–H and O–H groups in total. The second-order valence-corrected chi connectivity index (χ2v) is 10.4. The van der Waals surface area contributed by atoms with Gasteiger partial charge in [-0.25, -0.2) is 4.39 Å². The molecule has 3 aromatic carbocycles. The number of phenolic OH excluding ortho intramolecular Hbond substituents is 1. The highest BCUT2D eigenvalue weighted by molar-refractivity contribution is 6.03. The van der Waals surface area contributed by atoms with Crippen LogP contribution in [0.2, 0.25) is 0 Å². The predicted octanol–water partition coefficient (Wildman–Crippen LogP) is 7.17. The van der Waals surface area contributed by atoms with E-state index in [1.807, 2.05) is 17.2 Å². The van der Waals surface area contributed by atoms with Crippen molar-refractivity contribution in [2.45, 2.75) is 45.6 Å². The summed E-state index contributed by atoms with van der Waals surface area (Å²) in [5.41, 5.74) is 1.27. The number of hydrogen-bond donors (Lipinski definition) is 1. The average Bonchev–Trinajstić information content (AvgIpc) is 3.45. The van der Waals surface area contributed by atoms with E-state index >= 15 is 0 Å². The van der Waals surface area contributed by atoms with Crippen LogP contribution in [0, 0.1) is 11.7 Å². The molecule has 1 amide bonds. The van der Waals surface area contributed by atoms with Crippen LogP contribution >= 0.6 is 0 Å². The first kappa shape index (κ1) is 31.5. The van der Waals surface area contributed by atoms with Gasteiger partial charge in [-0.3, -0.25) is 9.79 Å². The van der Waals surface area contributed by atoms with Crippen molar-refractivity contribution in [3.63, 3.8) is 0 Å². The van der Waals surface area contributed by atoms with Crippen molar-refractivity contribution < 1.29 is 38.0 Å². The molecule has 10 heteroatoms. The molecule has 1 fully saturated rings. The normalized spacial score (nSPS) is 15.8. The van der Waals surface area contributed by atoms with E-state index in [4.69, 9.17) is 23.7 Å². The van der Waals surface area contributed by atoms with Gasteiger partial charge in [0.05, 0.1) is 45.2 Å². The Morgan fingerprint density at radius 1 is 0.977 bits per heavy atom. The van der Waals surface area contributed by atoms with Crippen molar-refractivity contribution in [1.29, 1.82) is 0 Å².